The molecule has 0 fully saturated rings. The summed E-state index contributed by atoms with van der Waals surface area (Å²) in [4.78, 5) is 0. The Morgan fingerprint density at radius 3 is 2.75 bits per heavy atom. The van der Waals surface area contributed by atoms with E-state index in [1.54, 1.807) is 17.1 Å². The van der Waals surface area contributed by atoms with Gasteiger partial charge in [-0.2, -0.15) is 10.2 Å². The van der Waals surface area contributed by atoms with Crippen LogP contribution in [0, 0.1) is 6.92 Å². The van der Waals surface area contributed by atoms with E-state index in [1.165, 1.54) is 0 Å². The minimum Gasteiger partial charge on any atom is -0.357 e. The number of hydrogen-bond acceptors (Lipinski definition) is 3. The lowest BCUT2D eigenvalue weighted by atomic mass is 10.4. The van der Waals surface area contributed by atoms with E-state index < -0.39 is 0 Å². The van der Waals surface area contributed by atoms with E-state index in [1.807, 2.05) is 25.6 Å². The van der Waals surface area contributed by atoms with Crippen molar-refractivity contribution in [1.82, 2.24) is 24.9 Å². The van der Waals surface area contributed by atoms with Crippen LogP contribution in [0.25, 0.3) is 0 Å². The average molecular weight is 313 g/mol. The summed E-state index contributed by atoms with van der Waals surface area (Å²) in [5.74, 6) is 0. The lowest BCUT2D eigenvalue weighted by molar-refractivity contribution is 0.614. The van der Waals surface area contributed by atoms with Crippen molar-refractivity contribution in [3.8, 4) is 0 Å². The summed E-state index contributed by atoms with van der Waals surface area (Å²) in [6, 6.07) is 0. The molecule has 0 spiro atoms. The Kier molecular flexibility index (Phi) is 4.61. The van der Waals surface area contributed by atoms with Crippen molar-refractivity contribution in [2.45, 2.75) is 26.9 Å². The highest BCUT2D eigenvalue weighted by atomic mass is 35.5. The summed E-state index contributed by atoms with van der Waals surface area (Å²) in [6.07, 6.45) is 3.39. The van der Waals surface area contributed by atoms with Crippen molar-refractivity contribution in [3.63, 3.8) is 0 Å². The number of nitrogens with zero attached hydrogens (tertiary/aromatic N) is 4. The zero-order chi connectivity index (χ0) is 14.7. The molecule has 0 radical (unpaired) electrons. The van der Waals surface area contributed by atoms with Crippen LogP contribution in [0.3, 0.4) is 0 Å². The fourth-order valence-electron chi connectivity index (χ4n) is 1.79. The Balaban J connectivity index is 1.95. The second kappa shape index (κ2) is 6.23. The quantitative estimate of drug-likeness (QED) is 0.847. The summed E-state index contributed by atoms with van der Waals surface area (Å²) in [6.45, 7) is 5.28. The molecule has 0 atom stereocenters. The smallest absolute Gasteiger partial charge is 0.171 e. The van der Waals surface area contributed by atoms with Crippen LogP contribution in [-0.4, -0.2) is 24.7 Å². The number of aromatic nitrogens is 4. The molecule has 2 aromatic heterocycles. The second-order valence-electron chi connectivity index (χ2n) is 4.33. The van der Waals surface area contributed by atoms with Gasteiger partial charge in [0.25, 0.3) is 0 Å². The monoisotopic (exact) mass is 312 g/mol. The van der Waals surface area contributed by atoms with Crippen LogP contribution in [0.5, 0.6) is 0 Å². The Morgan fingerprint density at radius 1 is 1.40 bits per heavy atom. The van der Waals surface area contributed by atoms with Crippen LogP contribution in [0.1, 0.15) is 18.3 Å². The number of nitrogens with one attached hydrogen (secondary N) is 2. The first-order chi connectivity index (χ1) is 9.52. The van der Waals surface area contributed by atoms with Gasteiger partial charge in [-0.15, -0.1) is 0 Å². The number of aryl methyl sites for hydroxylation is 2. The molecule has 2 rings (SSSR count). The third-order valence-electron chi connectivity index (χ3n) is 3.10. The largest absolute Gasteiger partial charge is 0.357 e. The van der Waals surface area contributed by atoms with E-state index >= 15 is 0 Å². The van der Waals surface area contributed by atoms with Crippen molar-refractivity contribution in [2.75, 3.05) is 5.32 Å². The Hall–Kier alpha value is -1.60. The molecule has 0 aliphatic heterocycles. The molecule has 6 nitrogen and oxygen atoms in total. The highest BCUT2D eigenvalue weighted by Gasteiger charge is 2.09. The molecular formula is C12H17ClN6S. The molecule has 0 amide bonds. The van der Waals surface area contributed by atoms with Gasteiger partial charge in [-0.3, -0.25) is 9.36 Å². The normalized spacial score (nSPS) is 10.6. The van der Waals surface area contributed by atoms with Crippen LogP contribution in [0.2, 0.25) is 5.02 Å². The van der Waals surface area contributed by atoms with Gasteiger partial charge in [-0.05, 0) is 26.1 Å². The van der Waals surface area contributed by atoms with Gasteiger partial charge in [-0.1, -0.05) is 11.6 Å². The van der Waals surface area contributed by atoms with Crippen molar-refractivity contribution < 1.29 is 0 Å². The third kappa shape index (κ3) is 3.10. The standard InChI is InChI=1S/C12H17ClN6S/c1-4-19-11(9(13)5-16-19)7-14-12(20)17-10-6-15-18(3)8(10)2/h5-6H,4,7H2,1-3H3,(H2,14,17,20). The van der Waals surface area contributed by atoms with Crippen LogP contribution >= 0.6 is 23.8 Å². The Labute approximate surface area is 128 Å². The molecule has 0 unspecified atom stereocenters. The molecule has 108 valence electrons. The van der Waals surface area contributed by atoms with Gasteiger partial charge in [0, 0.05) is 13.6 Å². The third-order valence-corrected chi connectivity index (χ3v) is 3.66. The molecule has 8 heteroatoms. The molecule has 2 heterocycles. The van der Waals surface area contributed by atoms with E-state index in [0.29, 0.717) is 16.7 Å². The van der Waals surface area contributed by atoms with Gasteiger partial charge in [0.15, 0.2) is 5.11 Å². The molecule has 0 aromatic carbocycles. The van der Waals surface area contributed by atoms with E-state index in [-0.39, 0.29) is 0 Å². The van der Waals surface area contributed by atoms with E-state index in [2.05, 4.69) is 20.8 Å². The highest BCUT2D eigenvalue weighted by molar-refractivity contribution is 7.80. The van der Waals surface area contributed by atoms with Crippen LogP contribution in [0.4, 0.5) is 5.69 Å². The van der Waals surface area contributed by atoms with Crippen molar-refractivity contribution in [3.05, 3.63) is 28.8 Å². The zero-order valence-corrected chi connectivity index (χ0v) is 13.2. The molecule has 0 saturated carbocycles. The number of halogens is 1. The topological polar surface area (TPSA) is 59.7 Å². The van der Waals surface area contributed by atoms with Gasteiger partial charge in [-0.25, -0.2) is 0 Å². The summed E-state index contributed by atoms with van der Waals surface area (Å²) in [5.41, 5.74) is 2.83. The van der Waals surface area contributed by atoms with Gasteiger partial charge in [0.2, 0.25) is 0 Å². The van der Waals surface area contributed by atoms with Gasteiger partial charge in [0.1, 0.15) is 0 Å². The zero-order valence-electron chi connectivity index (χ0n) is 11.6. The lowest BCUT2D eigenvalue weighted by Crippen LogP contribution is -2.29. The predicted octanol–water partition coefficient (Wildman–Crippen LogP) is 2.08. The van der Waals surface area contributed by atoms with Crippen molar-refractivity contribution >= 4 is 34.6 Å². The first-order valence-corrected chi connectivity index (χ1v) is 7.05. The highest BCUT2D eigenvalue weighted by Crippen LogP contribution is 2.15. The first kappa shape index (κ1) is 14.8. The summed E-state index contributed by atoms with van der Waals surface area (Å²) in [5, 5.41) is 15.7. The van der Waals surface area contributed by atoms with E-state index in [0.717, 1.165) is 23.6 Å². The Morgan fingerprint density at radius 2 is 2.15 bits per heavy atom. The number of thiocarbonyl (C=S) groups is 1. The molecule has 20 heavy (non-hydrogen) atoms. The molecule has 0 bridgehead atoms. The van der Waals surface area contributed by atoms with Crippen LogP contribution in [0.15, 0.2) is 12.4 Å². The predicted molar refractivity (Wildman–Crippen MR) is 83.9 cm³/mol. The van der Waals surface area contributed by atoms with E-state index in [4.69, 9.17) is 23.8 Å². The van der Waals surface area contributed by atoms with Crippen molar-refractivity contribution in [2.24, 2.45) is 7.05 Å². The maximum absolute atomic E-state index is 6.10. The van der Waals surface area contributed by atoms with Gasteiger partial charge in [0.05, 0.1) is 41.0 Å². The SMILES string of the molecule is CCn1ncc(Cl)c1CNC(=S)Nc1cnn(C)c1C. The lowest BCUT2D eigenvalue weighted by Gasteiger charge is -2.11. The minimum atomic E-state index is 0.526. The molecule has 0 saturated heterocycles. The minimum absolute atomic E-state index is 0.526. The Bertz CT molecular complexity index is 617. The molecule has 0 aliphatic carbocycles. The molecule has 0 aliphatic rings. The fraction of sp³-hybridized carbons (Fsp3) is 0.417. The summed E-state index contributed by atoms with van der Waals surface area (Å²) in [7, 11) is 1.89. The first-order valence-electron chi connectivity index (χ1n) is 6.26. The molecule has 2 N–H and O–H groups in total. The molecular weight excluding hydrogens is 296 g/mol. The van der Waals surface area contributed by atoms with Gasteiger partial charge >= 0.3 is 0 Å². The maximum atomic E-state index is 6.10. The summed E-state index contributed by atoms with van der Waals surface area (Å²) >= 11 is 11.4. The van der Waals surface area contributed by atoms with Crippen molar-refractivity contribution in [1.29, 1.82) is 0 Å². The maximum Gasteiger partial charge on any atom is 0.171 e. The van der Waals surface area contributed by atoms with Crippen LogP contribution < -0.4 is 10.6 Å². The number of rotatable bonds is 4. The fourth-order valence-corrected chi connectivity index (χ4v) is 2.18. The number of anilines is 1. The number of hydrogen-bond donors (Lipinski definition) is 2. The van der Waals surface area contributed by atoms with E-state index in [9.17, 15) is 0 Å². The second-order valence-corrected chi connectivity index (χ2v) is 5.15. The molecule has 2 aromatic rings. The average Bonchev–Trinajstić information content (AvgIpc) is 2.93. The summed E-state index contributed by atoms with van der Waals surface area (Å²) < 4.78 is 3.63. The van der Waals surface area contributed by atoms with Gasteiger partial charge < -0.3 is 10.6 Å². The van der Waals surface area contributed by atoms with Crippen LogP contribution in [-0.2, 0) is 20.1 Å².